The van der Waals surface area contributed by atoms with Crippen LogP contribution in [0.1, 0.15) is 31.7 Å². The van der Waals surface area contributed by atoms with E-state index in [-0.39, 0.29) is 5.82 Å². The molecule has 2 heterocycles. The minimum atomic E-state index is -0.252. The van der Waals surface area contributed by atoms with Gasteiger partial charge in [-0.25, -0.2) is 19.0 Å². The molecule has 2 aromatic heterocycles. The van der Waals surface area contributed by atoms with E-state index in [1.807, 2.05) is 11.7 Å². The Hall–Kier alpha value is -2.50. The Morgan fingerprint density at radius 1 is 1.13 bits per heavy atom. The van der Waals surface area contributed by atoms with Crippen LogP contribution in [0.2, 0.25) is 0 Å². The van der Waals surface area contributed by atoms with Gasteiger partial charge in [0.15, 0.2) is 5.65 Å². The zero-order chi connectivity index (χ0) is 15.8. The zero-order valence-electron chi connectivity index (χ0n) is 13.0. The molecule has 1 aliphatic rings. The van der Waals surface area contributed by atoms with E-state index in [4.69, 9.17) is 5.10 Å². The van der Waals surface area contributed by atoms with Crippen LogP contribution in [-0.2, 0) is 0 Å². The van der Waals surface area contributed by atoms with Gasteiger partial charge in [0, 0.05) is 12.6 Å². The maximum atomic E-state index is 13.2. The molecule has 1 saturated carbocycles. The molecular weight excluding hydrogens is 293 g/mol. The number of fused-ring (bicyclic) bond motifs is 1. The van der Waals surface area contributed by atoms with E-state index >= 15 is 0 Å². The van der Waals surface area contributed by atoms with Crippen LogP contribution in [0.5, 0.6) is 0 Å². The van der Waals surface area contributed by atoms with Crippen molar-refractivity contribution in [2.45, 2.75) is 31.7 Å². The van der Waals surface area contributed by atoms with Crippen molar-refractivity contribution in [3.05, 3.63) is 36.4 Å². The van der Waals surface area contributed by atoms with Gasteiger partial charge in [-0.05, 0) is 37.1 Å². The number of hydrogen-bond acceptors (Lipinski definition) is 4. The molecule has 0 spiro atoms. The molecule has 4 rings (SSSR count). The Morgan fingerprint density at radius 3 is 2.57 bits per heavy atom. The number of hydrogen-bond donors (Lipinski definition) is 1. The van der Waals surface area contributed by atoms with Gasteiger partial charge in [-0.15, -0.1) is 0 Å². The molecular formula is C17H18FN5. The molecule has 0 unspecified atom stereocenters. The number of nitrogens with one attached hydrogen (secondary N) is 1. The molecule has 0 aliphatic heterocycles. The lowest BCUT2D eigenvalue weighted by atomic mass is 10.1. The molecule has 0 atom stereocenters. The van der Waals surface area contributed by atoms with E-state index in [9.17, 15) is 4.39 Å². The van der Waals surface area contributed by atoms with Gasteiger partial charge in [0.25, 0.3) is 0 Å². The summed E-state index contributed by atoms with van der Waals surface area (Å²) in [6.45, 7) is 0. The van der Waals surface area contributed by atoms with Crippen molar-refractivity contribution in [1.29, 1.82) is 0 Å². The molecule has 6 heteroatoms. The summed E-state index contributed by atoms with van der Waals surface area (Å²) in [6, 6.07) is 6.80. The van der Waals surface area contributed by atoms with E-state index in [0.717, 1.165) is 41.0 Å². The summed E-state index contributed by atoms with van der Waals surface area (Å²) in [5.41, 5.74) is 2.52. The highest BCUT2D eigenvalue weighted by Crippen LogP contribution is 2.36. The molecule has 0 bridgehead atoms. The van der Waals surface area contributed by atoms with Gasteiger partial charge in [-0.3, -0.25) is 0 Å². The Morgan fingerprint density at radius 2 is 1.87 bits per heavy atom. The SMILES string of the molecule is CNc1ncnc2c1c(-c1ccc(F)cc1)nn2C1CCCC1. The van der Waals surface area contributed by atoms with Gasteiger partial charge >= 0.3 is 0 Å². The van der Waals surface area contributed by atoms with Gasteiger partial charge in [0.05, 0.1) is 11.4 Å². The average molecular weight is 311 g/mol. The van der Waals surface area contributed by atoms with Crippen molar-refractivity contribution in [3.8, 4) is 11.3 Å². The Labute approximate surface area is 133 Å². The third-order valence-corrected chi connectivity index (χ3v) is 4.51. The van der Waals surface area contributed by atoms with Crippen LogP contribution in [0, 0.1) is 5.82 Å². The Bertz CT molecular complexity index is 834. The number of halogens is 1. The summed E-state index contributed by atoms with van der Waals surface area (Å²) in [5, 5.41) is 8.85. The summed E-state index contributed by atoms with van der Waals surface area (Å²) in [7, 11) is 1.84. The van der Waals surface area contributed by atoms with E-state index in [1.165, 1.54) is 25.0 Å². The number of aromatic nitrogens is 4. The first-order valence-corrected chi connectivity index (χ1v) is 7.95. The van der Waals surface area contributed by atoms with Crippen LogP contribution in [0.25, 0.3) is 22.3 Å². The van der Waals surface area contributed by atoms with Crippen LogP contribution in [0.4, 0.5) is 10.2 Å². The predicted octanol–water partition coefficient (Wildman–Crippen LogP) is 3.79. The monoisotopic (exact) mass is 311 g/mol. The van der Waals surface area contributed by atoms with Gasteiger partial charge in [-0.2, -0.15) is 5.10 Å². The van der Waals surface area contributed by atoms with Crippen LogP contribution in [0.3, 0.4) is 0 Å². The standard InChI is InChI=1S/C17H18FN5/c1-19-16-14-15(11-6-8-12(18)9-7-11)22-23(13-4-2-3-5-13)17(14)21-10-20-16/h6-10,13H,2-5H2,1H3,(H,19,20,21). The fraction of sp³-hybridized carbons (Fsp3) is 0.353. The minimum Gasteiger partial charge on any atom is -0.372 e. The maximum absolute atomic E-state index is 13.2. The molecule has 118 valence electrons. The lowest BCUT2D eigenvalue weighted by Gasteiger charge is -2.10. The van der Waals surface area contributed by atoms with Crippen LogP contribution in [-0.4, -0.2) is 26.8 Å². The molecule has 0 radical (unpaired) electrons. The first kappa shape index (κ1) is 14.1. The van der Waals surface area contributed by atoms with E-state index in [0.29, 0.717) is 6.04 Å². The number of nitrogens with zero attached hydrogens (tertiary/aromatic N) is 4. The van der Waals surface area contributed by atoms with Crippen LogP contribution < -0.4 is 5.32 Å². The highest BCUT2D eigenvalue weighted by atomic mass is 19.1. The number of rotatable bonds is 3. The molecule has 1 N–H and O–H groups in total. The van der Waals surface area contributed by atoms with Crippen molar-refractivity contribution >= 4 is 16.9 Å². The summed E-state index contributed by atoms with van der Waals surface area (Å²) in [5.74, 6) is 0.497. The molecule has 3 aromatic rings. The maximum Gasteiger partial charge on any atom is 0.164 e. The summed E-state index contributed by atoms with van der Waals surface area (Å²) < 4.78 is 15.3. The lowest BCUT2D eigenvalue weighted by molar-refractivity contribution is 0.479. The summed E-state index contributed by atoms with van der Waals surface area (Å²) in [4.78, 5) is 8.79. The van der Waals surface area contributed by atoms with Gasteiger partial charge in [0.2, 0.25) is 0 Å². The van der Waals surface area contributed by atoms with Crippen LogP contribution in [0.15, 0.2) is 30.6 Å². The van der Waals surface area contributed by atoms with Crippen molar-refractivity contribution in [3.63, 3.8) is 0 Å². The second kappa shape index (κ2) is 5.61. The normalized spacial score (nSPS) is 15.4. The van der Waals surface area contributed by atoms with Crippen LogP contribution >= 0.6 is 0 Å². The first-order chi connectivity index (χ1) is 11.3. The predicted molar refractivity (Wildman–Crippen MR) is 87.8 cm³/mol. The third kappa shape index (κ3) is 2.34. The highest BCUT2D eigenvalue weighted by Gasteiger charge is 2.24. The number of benzene rings is 1. The Balaban J connectivity index is 1.96. The van der Waals surface area contributed by atoms with Gasteiger partial charge in [0.1, 0.15) is 23.7 Å². The molecule has 0 saturated heterocycles. The van der Waals surface area contributed by atoms with Crippen molar-refractivity contribution < 1.29 is 4.39 Å². The van der Waals surface area contributed by atoms with E-state index in [1.54, 1.807) is 18.5 Å². The van der Waals surface area contributed by atoms with Crippen molar-refractivity contribution in [2.75, 3.05) is 12.4 Å². The quantitative estimate of drug-likeness (QED) is 0.799. The van der Waals surface area contributed by atoms with Crippen molar-refractivity contribution in [1.82, 2.24) is 19.7 Å². The fourth-order valence-electron chi connectivity index (χ4n) is 3.38. The second-order valence-electron chi connectivity index (χ2n) is 5.91. The lowest BCUT2D eigenvalue weighted by Crippen LogP contribution is -2.07. The summed E-state index contributed by atoms with van der Waals surface area (Å²) >= 11 is 0. The molecule has 0 amide bonds. The minimum absolute atomic E-state index is 0.252. The third-order valence-electron chi connectivity index (χ3n) is 4.51. The Kier molecular flexibility index (Phi) is 3.44. The smallest absolute Gasteiger partial charge is 0.164 e. The molecule has 1 aliphatic carbocycles. The highest BCUT2D eigenvalue weighted by molar-refractivity contribution is 5.99. The van der Waals surface area contributed by atoms with Gasteiger partial charge < -0.3 is 5.32 Å². The van der Waals surface area contributed by atoms with Crippen molar-refractivity contribution in [2.24, 2.45) is 0 Å². The topological polar surface area (TPSA) is 55.6 Å². The molecule has 1 fully saturated rings. The average Bonchev–Trinajstić information content (AvgIpc) is 3.22. The number of anilines is 1. The largest absolute Gasteiger partial charge is 0.372 e. The zero-order valence-corrected chi connectivity index (χ0v) is 13.0. The molecule has 23 heavy (non-hydrogen) atoms. The fourth-order valence-corrected chi connectivity index (χ4v) is 3.38. The van der Waals surface area contributed by atoms with E-state index < -0.39 is 0 Å². The second-order valence-corrected chi connectivity index (χ2v) is 5.91. The molecule has 5 nitrogen and oxygen atoms in total. The van der Waals surface area contributed by atoms with Gasteiger partial charge in [-0.1, -0.05) is 12.8 Å². The summed E-state index contributed by atoms with van der Waals surface area (Å²) in [6.07, 6.45) is 6.26. The molecule has 1 aromatic carbocycles. The first-order valence-electron chi connectivity index (χ1n) is 7.95. The van der Waals surface area contributed by atoms with E-state index in [2.05, 4.69) is 15.3 Å².